The van der Waals surface area contributed by atoms with Crippen molar-refractivity contribution < 1.29 is 26.4 Å². The molecule has 0 bridgehead atoms. The van der Waals surface area contributed by atoms with Crippen molar-refractivity contribution >= 4 is 32.1 Å². The van der Waals surface area contributed by atoms with Gasteiger partial charge in [-0.3, -0.25) is 14.2 Å². The number of halogens is 3. The molecule has 30 heavy (non-hydrogen) atoms. The minimum absolute atomic E-state index is 0.00300. The van der Waals surface area contributed by atoms with Crippen LogP contribution in [0.15, 0.2) is 40.1 Å². The van der Waals surface area contributed by atoms with Crippen LogP contribution >= 0.6 is 0 Å². The highest BCUT2D eigenvalue weighted by Crippen LogP contribution is 2.30. The van der Waals surface area contributed by atoms with E-state index in [0.717, 1.165) is 12.4 Å². The summed E-state index contributed by atoms with van der Waals surface area (Å²) in [6.45, 7) is 1.43. The van der Waals surface area contributed by atoms with Crippen LogP contribution < -0.4 is 0 Å². The number of alkyl halides is 3. The van der Waals surface area contributed by atoms with Crippen LogP contribution in [0.5, 0.6) is 0 Å². The number of amides is 1. The van der Waals surface area contributed by atoms with Crippen molar-refractivity contribution in [2.24, 2.45) is 4.36 Å². The summed E-state index contributed by atoms with van der Waals surface area (Å²) in [5.41, 5.74) is -1.25. The lowest BCUT2D eigenvalue weighted by Gasteiger charge is -2.08. The van der Waals surface area contributed by atoms with Crippen LogP contribution in [-0.4, -0.2) is 51.9 Å². The Morgan fingerprint density at radius 3 is 2.53 bits per heavy atom. The summed E-state index contributed by atoms with van der Waals surface area (Å²) in [5.74, 6) is -0.876. The number of sulfone groups is 1. The number of nitrogens with zero attached hydrogens (tertiary/aromatic N) is 5. The lowest BCUT2D eigenvalue weighted by Crippen LogP contribution is -2.09. The maximum absolute atomic E-state index is 12.9. The number of pyridine rings is 1. The van der Waals surface area contributed by atoms with Gasteiger partial charge >= 0.3 is 6.18 Å². The van der Waals surface area contributed by atoms with Gasteiger partial charge in [0.1, 0.15) is 29.1 Å². The van der Waals surface area contributed by atoms with Gasteiger partial charge in [0.25, 0.3) is 5.91 Å². The average molecular weight is 459 g/mol. The first-order valence-electron chi connectivity index (χ1n) is 8.41. The van der Waals surface area contributed by atoms with Crippen molar-refractivity contribution in [3.05, 3.63) is 42.1 Å². The monoisotopic (exact) mass is 459 g/mol. The molecule has 1 amide bonds. The number of hydrogen-bond acceptors (Lipinski definition) is 6. The van der Waals surface area contributed by atoms with Gasteiger partial charge in [-0.1, -0.05) is 17.6 Å². The number of aromatic nitrogens is 4. The second kappa shape index (κ2) is 7.87. The van der Waals surface area contributed by atoms with E-state index in [1.54, 1.807) is 12.5 Å². The normalized spacial score (nSPS) is 12.5. The Bertz CT molecular complexity index is 1280. The zero-order valence-corrected chi connectivity index (χ0v) is 17.6. The van der Waals surface area contributed by atoms with Crippen molar-refractivity contribution in [1.82, 2.24) is 19.4 Å². The first-order valence-corrected chi connectivity index (χ1v) is 12.1. The Kier molecular flexibility index (Phi) is 5.78. The molecule has 0 aliphatic heterocycles. The topological polar surface area (TPSA) is 107 Å². The number of fused-ring (bicyclic) bond motifs is 1. The summed E-state index contributed by atoms with van der Waals surface area (Å²) in [7, 11) is -4.38. The zero-order chi connectivity index (χ0) is 22.3. The quantitative estimate of drug-likeness (QED) is 0.594. The third-order valence-electron chi connectivity index (χ3n) is 3.96. The molecule has 3 rings (SSSR count). The lowest BCUT2D eigenvalue weighted by atomic mass is 10.2. The molecule has 0 aromatic carbocycles. The SMILES string of the molecule is CCS(=O)(=O)c1cc(C(=O)N=S(C)C)cnc1-c1cn2cnc(C(F)(F)F)cc2n1. The third kappa shape index (κ3) is 4.41. The molecule has 0 saturated heterocycles. The summed E-state index contributed by atoms with van der Waals surface area (Å²) < 4.78 is 69.0. The van der Waals surface area contributed by atoms with Crippen molar-refractivity contribution in [3.8, 4) is 11.4 Å². The highest BCUT2D eigenvalue weighted by Gasteiger charge is 2.33. The van der Waals surface area contributed by atoms with Gasteiger partial charge in [0.15, 0.2) is 9.84 Å². The first-order chi connectivity index (χ1) is 13.9. The van der Waals surface area contributed by atoms with E-state index < -0.39 is 38.3 Å². The van der Waals surface area contributed by atoms with Crippen molar-refractivity contribution in [2.45, 2.75) is 18.0 Å². The number of rotatable bonds is 4. The highest BCUT2D eigenvalue weighted by atomic mass is 32.2. The number of carbonyl (C=O) groups excluding carboxylic acids is 1. The minimum Gasteiger partial charge on any atom is -0.290 e. The van der Waals surface area contributed by atoms with Gasteiger partial charge < -0.3 is 0 Å². The molecule has 0 radical (unpaired) electrons. The molecule has 0 unspecified atom stereocenters. The fraction of sp³-hybridized carbons (Fsp3) is 0.294. The molecule has 0 aliphatic rings. The van der Waals surface area contributed by atoms with Gasteiger partial charge in [-0.25, -0.2) is 18.4 Å². The fourth-order valence-electron chi connectivity index (χ4n) is 2.53. The van der Waals surface area contributed by atoms with E-state index >= 15 is 0 Å². The van der Waals surface area contributed by atoms with Crippen LogP contribution in [0.25, 0.3) is 17.0 Å². The molecule has 0 N–H and O–H groups in total. The summed E-state index contributed by atoms with van der Waals surface area (Å²) in [4.78, 5) is 23.5. The summed E-state index contributed by atoms with van der Waals surface area (Å²) in [5, 5.41) is 0. The van der Waals surface area contributed by atoms with E-state index in [9.17, 15) is 26.4 Å². The van der Waals surface area contributed by atoms with Crippen LogP contribution in [-0.2, 0) is 26.7 Å². The van der Waals surface area contributed by atoms with E-state index in [0.29, 0.717) is 0 Å². The van der Waals surface area contributed by atoms with Gasteiger partial charge in [-0.05, 0) is 18.6 Å². The summed E-state index contributed by atoms with van der Waals surface area (Å²) in [6.07, 6.45) is 2.23. The van der Waals surface area contributed by atoms with Crippen LogP contribution in [0.1, 0.15) is 23.0 Å². The van der Waals surface area contributed by atoms with Crippen LogP contribution in [0.2, 0.25) is 0 Å². The molecular formula is C17H16F3N5O3S2. The second-order valence-electron chi connectivity index (χ2n) is 6.31. The predicted octanol–water partition coefficient (Wildman–Crippen LogP) is 2.81. The van der Waals surface area contributed by atoms with Crippen molar-refractivity contribution in [1.29, 1.82) is 0 Å². The van der Waals surface area contributed by atoms with E-state index in [1.807, 2.05) is 0 Å². The molecule has 3 aromatic rings. The average Bonchev–Trinajstić information content (AvgIpc) is 3.09. The van der Waals surface area contributed by atoms with Crippen molar-refractivity contribution in [3.63, 3.8) is 0 Å². The van der Waals surface area contributed by atoms with Crippen LogP contribution in [0, 0.1) is 0 Å². The summed E-state index contributed by atoms with van der Waals surface area (Å²) >= 11 is 0. The predicted molar refractivity (Wildman–Crippen MR) is 105 cm³/mol. The molecule has 0 saturated carbocycles. The number of carbonyl (C=O) groups is 1. The summed E-state index contributed by atoms with van der Waals surface area (Å²) in [6, 6.07) is 1.92. The molecule has 0 aliphatic carbocycles. The maximum atomic E-state index is 12.9. The van der Waals surface area contributed by atoms with Crippen LogP contribution in [0.4, 0.5) is 13.2 Å². The minimum atomic E-state index is -4.65. The Morgan fingerprint density at radius 1 is 1.23 bits per heavy atom. The number of hydrogen-bond donors (Lipinski definition) is 0. The largest absolute Gasteiger partial charge is 0.433 e. The van der Waals surface area contributed by atoms with Crippen molar-refractivity contribution in [2.75, 3.05) is 18.3 Å². The molecule has 0 fully saturated rings. The van der Waals surface area contributed by atoms with E-state index in [2.05, 4.69) is 19.3 Å². The van der Waals surface area contributed by atoms with Gasteiger partial charge in [-0.2, -0.15) is 17.5 Å². The highest BCUT2D eigenvalue weighted by molar-refractivity contribution is 7.91. The van der Waals surface area contributed by atoms with Crippen LogP contribution in [0.3, 0.4) is 0 Å². The van der Waals surface area contributed by atoms with Gasteiger partial charge in [0, 0.05) is 18.5 Å². The van der Waals surface area contributed by atoms with Gasteiger partial charge in [-0.15, -0.1) is 0 Å². The Hall–Kier alpha value is -2.67. The standard InChI is InChI=1S/C17H16F3N5O3S2/c1-4-30(27,28)12-5-10(16(26)24-29(2)3)7-21-15(12)11-8-25-9-22-13(17(18,19)20)6-14(25)23-11/h5-9H,4H2,1-3H3. The second-order valence-corrected chi connectivity index (χ2v) is 10.3. The third-order valence-corrected chi connectivity index (χ3v) is 6.23. The van der Waals surface area contributed by atoms with Gasteiger partial charge in [0.2, 0.25) is 0 Å². The molecule has 8 nitrogen and oxygen atoms in total. The molecule has 0 spiro atoms. The Morgan fingerprint density at radius 2 is 1.93 bits per heavy atom. The molecule has 3 aromatic heterocycles. The van der Waals surface area contributed by atoms with E-state index in [4.69, 9.17) is 0 Å². The molecule has 3 heterocycles. The molecular weight excluding hydrogens is 443 g/mol. The first kappa shape index (κ1) is 22.0. The smallest absolute Gasteiger partial charge is 0.290 e. The fourth-order valence-corrected chi connectivity index (χ4v) is 4.03. The lowest BCUT2D eigenvalue weighted by molar-refractivity contribution is -0.141. The molecule has 160 valence electrons. The molecule has 13 heteroatoms. The van der Waals surface area contributed by atoms with Gasteiger partial charge in [0.05, 0.1) is 16.2 Å². The Balaban J connectivity index is 2.20. The maximum Gasteiger partial charge on any atom is 0.433 e. The van der Waals surface area contributed by atoms with E-state index in [1.165, 1.54) is 29.8 Å². The van der Waals surface area contributed by atoms with E-state index in [-0.39, 0.29) is 33.2 Å². The molecule has 0 atom stereocenters. The number of imidazole rings is 1. The Labute approximate surface area is 172 Å². The zero-order valence-electron chi connectivity index (χ0n) is 16.0.